The Kier molecular flexibility index (Phi) is 4.27. The number of benzene rings is 2. The Balaban J connectivity index is 2.06. The summed E-state index contributed by atoms with van der Waals surface area (Å²) in [5.41, 5.74) is 6.68. The van der Waals surface area contributed by atoms with E-state index < -0.39 is 23.4 Å². The Hall–Kier alpha value is -2.76. The summed E-state index contributed by atoms with van der Waals surface area (Å²) in [4.78, 5) is 11.6. The van der Waals surface area contributed by atoms with Crippen molar-refractivity contribution in [3.05, 3.63) is 65.5 Å². The second-order valence-corrected chi connectivity index (χ2v) is 4.24. The summed E-state index contributed by atoms with van der Waals surface area (Å²) in [5, 5.41) is 2.24. The van der Waals surface area contributed by atoms with E-state index in [2.05, 4.69) is 5.32 Å². The minimum absolute atomic E-state index is 0.168. The van der Waals surface area contributed by atoms with Crippen molar-refractivity contribution in [1.29, 1.82) is 0 Å². The summed E-state index contributed by atoms with van der Waals surface area (Å²) >= 11 is 0. The lowest BCUT2D eigenvalue weighted by molar-refractivity contribution is -0.111. The van der Waals surface area contributed by atoms with E-state index in [0.29, 0.717) is 17.8 Å². The monoisotopic (exact) mass is 292 g/mol. The Morgan fingerprint density at radius 3 is 2.19 bits per heavy atom. The highest BCUT2D eigenvalue weighted by molar-refractivity contribution is 6.01. The van der Waals surface area contributed by atoms with E-state index >= 15 is 0 Å². The summed E-state index contributed by atoms with van der Waals surface area (Å²) in [6.45, 7) is 0. The molecule has 3 nitrogen and oxygen atoms in total. The Morgan fingerprint density at radius 2 is 1.62 bits per heavy atom. The summed E-state index contributed by atoms with van der Waals surface area (Å²) in [5.74, 6) is -4.91. The predicted octanol–water partition coefficient (Wildman–Crippen LogP) is 3.34. The van der Waals surface area contributed by atoms with E-state index in [1.165, 1.54) is 12.2 Å². The van der Waals surface area contributed by atoms with Crippen molar-refractivity contribution in [1.82, 2.24) is 0 Å². The molecule has 0 saturated carbocycles. The van der Waals surface area contributed by atoms with Crippen molar-refractivity contribution in [3.8, 4) is 0 Å². The molecule has 2 aromatic carbocycles. The topological polar surface area (TPSA) is 55.1 Å². The molecule has 21 heavy (non-hydrogen) atoms. The quantitative estimate of drug-likeness (QED) is 0.518. The average molecular weight is 292 g/mol. The SMILES string of the molecule is Nc1ccc(/C=C/C(=O)Nc2cc(F)c(F)c(F)c2)cc1. The number of anilines is 2. The molecule has 0 spiro atoms. The van der Waals surface area contributed by atoms with Crippen molar-refractivity contribution >= 4 is 23.4 Å². The van der Waals surface area contributed by atoms with Crippen molar-refractivity contribution < 1.29 is 18.0 Å². The van der Waals surface area contributed by atoms with Gasteiger partial charge in [-0.3, -0.25) is 4.79 Å². The summed E-state index contributed by atoms with van der Waals surface area (Å²) in [6.07, 6.45) is 2.69. The van der Waals surface area contributed by atoms with Gasteiger partial charge in [0.15, 0.2) is 17.5 Å². The third-order valence-corrected chi connectivity index (χ3v) is 2.61. The molecule has 0 atom stereocenters. The fourth-order valence-electron chi connectivity index (χ4n) is 1.59. The van der Waals surface area contributed by atoms with Gasteiger partial charge in [-0.05, 0) is 23.8 Å². The lowest BCUT2D eigenvalue weighted by atomic mass is 10.2. The fraction of sp³-hybridized carbons (Fsp3) is 0. The molecular weight excluding hydrogens is 281 g/mol. The van der Waals surface area contributed by atoms with Gasteiger partial charge >= 0.3 is 0 Å². The minimum Gasteiger partial charge on any atom is -0.399 e. The van der Waals surface area contributed by atoms with Crippen molar-refractivity contribution in [2.75, 3.05) is 11.1 Å². The molecule has 0 aliphatic heterocycles. The molecule has 6 heteroatoms. The number of nitrogen functional groups attached to an aromatic ring is 1. The zero-order valence-electron chi connectivity index (χ0n) is 10.7. The molecule has 0 radical (unpaired) electrons. The highest BCUT2D eigenvalue weighted by Gasteiger charge is 2.11. The van der Waals surface area contributed by atoms with Gasteiger partial charge in [0, 0.05) is 29.6 Å². The Morgan fingerprint density at radius 1 is 1.05 bits per heavy atom. The zero-order chi connectivity index (χ0) is 15.4. The van der Waals surface area contributed by atoms with Crippen LogP contribution in [0.2, 0.25) is 0 Å². The number of nitrogens with one attached hydrogen (secondary N) is 1. The number of carbonyl (C=O) groups excluding carboxylic acids is 1. The standard InChI is InChI=1S/C15H11F3N2O/c16-12-7-11(8-13(17)15(12)18)20-14(21)6-3-9-1-4-10(19)5-2-9/h1-8H,19H2,(H,20,21)/b6-3+. The Labute approximate surface area is 118 Å². The Bertz CT molecular complexity index is 674. The van der Waals surface area contributed by atoms with Gasteiger partial charge in [0.25, 0.3) is 0 Å². The van der Waals surface area contributed by atoms with Crippen LogP contribution in [0, 0.1) is 17.5 Å². The zero-order valence-corrected chi connectivity index (χ0v) is 10.7. The predicted molar refractivity (Wildman–Crippen MR) is 74.8 cm³/mol. The molecule has 1 amide bonds. The largest absolute Gasteiger partial charge is 0.399 e. The van der Waals surface area contributed by atoms with E-state index in [1.807, 2.05) is 0 Å². The van der Waals surface area contributed by atoms with E-state index in [0.717, 1.165) is 5.56 Å². The van der Waals surface area contributed by atoms with Crippen LogP contribution >= 0.6 is 0 Å². The highest BCUT2D eigenvalue weighted by Crippen LogP contribution is 2.17. The number of amides is 1. The van der Waals surface area contributed by atoms with Crippen LogP contribution in [0.5, 0.6) is 0 Å². The molecular formula is C15H11F3N2O. The number of hydrogen-bond acceptors (Lipinski definition) is 2. The van der Waals surface area contributed by atoms with Crippen LogP contribution in [-0.2, 0) is 4.79 Å². The lowest BCUT2D eigenvalue weighted by Crippen LogP contribution is -2.09. The first kappa shape index (κ1) is 14.6. The van der Waals surface area contributed by atoms with Crippen molar-refractivity contribution in [3.63, 3.8) is 0 Å². The van der Waals surface area contributed by atoms with Gasteiger partial charge < -0.3 is 11.1 Å². The molecule has 0 aliphatic carbocycles. The first-order valence-corrected chi connectivity index (χ1v) is 5.95. The third kappa shape index (κ3) is 3.85. The third-order valence-electron chi connectivity index (χ3n) is 2.61. The van der Waals surface area contributed by atoms with Crippen LogP contribution < -0.4 is 11.1 Å². The highest BCUT2D eigenvalue weighted by atomic mass is 19.2. The molecule has 0 fully saturated rings. The smallest absolute Gasteiger partial charge is 0.248 e. The van der Waals surface area contributed by atoms with Gasteiger partial charge in [-0.1, -0.05) is 12.1 Å². The second kappa shape index (κ2) is 6.13. The molecule has 0 aromatic heterocycles. The van der Waals surface area contributed by atoms with E-state index in [4.69, 9.17) is 5.73 Å². The molecule has 0 bridgehead atoms. The first-order chi connectivity index (χ1) is 9.95. The van der Waals surface area contributed by atoms with Gasteiger partial charge in [0.1, 0.15) is 0 Å². The number of carbonyl (C=O) groups is 1. The molecule has 108 valence electrons. The molecule has 0 heterocycles. The number of halogens is 3. The van der Waals surface area contributed by atoms with Crippen LogP contribution in [0.25, 0.3) is 6.08 Å². The van der Waals surface area contributed by atoms with Gasteiger partial charge in [0.2, 0.25) is 5.91 Å². The molecule has 3 N–H and O–H groups in total. The maximum atomic E-state index is 13.0. The molecule has 0 unspecified atom stereocenters. The number of hydrogen-bond donors (Lipinski definition) is 2. The molecule has 2 rings (SSSR count). The van der Waals surface area contributed by atoms with E-state index in [9.17, 15) is 18.0 Å². The fourth-order valence-corrected chi connectivity index (χ4v) is 1.59. The molecule has 0 aliphatic rings. The van der Waals surface area contributed by atoms with Gasteiger partial charge in [-0.15, -0.1) is 0 Å². The van der Waals surface area contributed by atoms with Crippen LogP contribution in [0.3, 0.4) is 0 Å². The average Bonchev–Trinajstić information content (AvgIpc) is 2.44. The normalized spacial score (nSPS) is 10.8. The van der Waals surface area contributed by atoms with Crippen LogP contribution in [0.15, 0.2) is 42.5 Å². The molecule has 2 aromatic rings. The molecule has 0 saturated heterocycles. The summed E-state index contributed by atoms with van der Waals surface area (Å²) < 4.78 is 38.7. The van der Waals surface area contributed by atoms with E-state index in [1.54, 1.807) is 24.3 Å². The second-order valence-electron chi connectivity index (χ2n) is 4.24. The maximum absolute atomic E-state index is 13.0. The number of rotatable bonds is 3. The number of nitrogens with two attached hydrogens (primary N) is 1. The van der Waals surface area contributed by atoms with Crippen molar-refractivity contribution in [2.24, 2.45) is 0 Å². The maximum Gasteiger partial charge on any atom is 0.248 e. The van der Waals surface area contributed by atoms with Crippen molar-refractivity contribution in [2.45, 2.75) is 0 Å². The van der Waals surface area contributed by atoms with Crippen LogP contribution in [0.4, 0.5) is 24.5 Å². The van der Waals surface area contributed by atoms with Crippen LogP contribution in [-0.4, -0.2) is 5.91 Å². The summed E-state index contributed by atoms with van der Waals surface area (Å²) in [7, 11) is 0. The minimum atomic E-state index is -1.58. The van der Waals surface area contributed by atoms with Gasteiger partial charge in [0.05, 0.1) is 0 Å². The lowest BCUT2D eigenvalue weighted by Gasteiger charge is -2.03. The van der Waals surface area contributed by atoms with Gasteiger partial charge in [-0.2, -0.15) is 0 Å². The van der Waals surface area contributed by atoms with E-state index in [-0.39, 0.29) is 5.69 Å². The van der Waals surface area contributed by atoms with Crippen LogP contribution in [0.1, 0.15) is 5.56 Å². The van der Waals surface area contributed by atoms with Gasteiger partial charge in [-0.25, -0.2) is 13.2 Å². The first-order valence-electron chi connectivity index (χ1n) is 5.95. The summed E-state index contributed by atoms with van der Waals surface area (Å²) in [6, 6.07) is 8.15.